The van der Waals surface area contributed by atoms with E-state index in [0.29, 0.717) is 42.3 Å². The van der Waals surface area contributed by atoms with E-state index in [1.54, 1.807) is 40.1 Å². The third-order valence-corrected chi connectivity index (χ3v) is 6.26. The first kappa shape index (κ1) is 22.6. The van der Waals surface area contributed by atoms with Gasteiger partial charge in [0.15, 0.2) is 5.76 Å². The van der Waals surface area contributed by atoms with Gasteiger partial charge in [-0.25, -0.2) is 4.39 Å². The molecule has 0 bridgehead atoms. The Kier molecular flexibility index (Phi) is 7.09. The molecule has 0 unspecified atom stereocenters. The molecule has 33 heavy (non-hydrogen) atoms. The monoisotopic (exact) mass is 467 g/mol. The number of hydrogen-bond donors (Lipinski definition) is 1. The average molecular weight is 468 g/mol. The SMILES string of the molecule is O=C(CSc1ccccc1C(=O)N1CCN(C(=O)c2ccco2)CC1)Nc1ccc(F)cc1. The first-order valence-electron chi connectivity index (χ1n) is 10.4. The molecule has 1 aliphatic rings. The summed E-state index contributed by atoms with van der Waals surface area (Å²) in [5.74, 6) is -0.555. The second-order valence-electron chi connectivity index (χ2n) is 7.40. The summed E-state index contributed by atoms with van der Waals surface area (Å²) in [6.07, 6.45) is 1.46. The van der Waals surface area contributed by atoms with Crippen molar-refractivity contribution in [1.82, 2.24) is 9.80 Å². The Morgan fingerprint density at radius 2 is 1.55 bits per heavy atom. The van der Waals surface area contributed by atoms with Crippen LogP contribution in [0.2, 0.25) is 0 Å². The largest absolute Gasteiger partial charge is 0.459 e. The van der Waals surface area contributed by atoms with Crippen molar-refractivity contribution in [1.29, 1.82) is 0 Å². The maximum absolute atomic E-state index is 13.1. The van der Waals surface area contributed by atoms with E-state index in [1.807, 2.05) is 6.07 Å². The van der Waals surface area contributed by atoms with Gasteiger partial charge in [0.2, 0.25) is 5.91 Å². The smallest absolute Gasteiger partial charge is 0.289 e. The van der Waals surface area contributed by atoms with Crippen LogP contribution in [0.25, 0.3) is 0 Å². The molecular formula is C24H22FN3O4S. The van der Waals surface area contributed by atoms with Crippen LogP contribution in [-0.2, 0) is 4.79 Å². The number of anilines is 1. The van der Waals surface area contributed by atoms with Crippen LogP contribution >= 0.6 is 11.8 Å². The number of rotatable bonds is 6. The molecule has 1 saturated heterocycles. The van der Waals surface area contributed by atoms with Crippen LogP contribution in [-0.4, -0.2) is 59.5 Å². The molecule has 0 aliphatic carbocycles. The maximum Gasteiger partial charge on any atom is 0.289 e. The van der Waals surface area contributed by atoms with Crippen LogP contribution in [0.4, 0.5) is 10.1 Å². The topological polar surface area (TPSA) is 82.9 Å². The standard InChI is InChI=1S/C24H22FN3O4S/c25-17-7-9-18(10-8-17)26-22(29)16-33-21-6-2-1-4-19(21)23(30)27-11-13-28(14-12-27)24(31)20-5-3-15-32-20/h1-10,15H,11-14,16H2,(H,26,29). The van der Waals surface area contributed by atoms with Gasteiger partial charge in [-0.1, -0.05) is 12.1 Å². The van der Waals surface area contributed by atoms with Crippen molar-refractivity contribution in [2.75, 3.05) is 37.2 Å². The Balaban J connectivity index is 1.34. The summed E-state index contributed by atoms with van der Waals surface area (Å²) in [7, 11) is 0. The minimum Gasteiger partial charge on any atom is -0.459 e. The normalized spacial score (nSPS) is 13.6. The van der Waals surface area contributed by atoms with Gasteiger partial charge in [-0.15, -0.1) is 11.8 Å². The van der Waals surface area contributed by atoms with Gasteiger partial charge < -0.3 is 19.5 Å². The fraction of sp³-hybridized carbons (Fsp3) is 0.208. The van der Waals surface area contributed by atoms with E-state index in [0.717, 1.165) is 0 Å². The van der Waals surface area contributed by atoms with E-state index in [-0.39, 0.29) is 35.1 Å². The Bertz CT molecular complexity index is 1130. The second-order valence-corrected chi connectivity index (χ2v) is 8.42. The number of piperazine rings is 1. The van der Waals surface area contributed by atoms with Gasteiger partial charge in [0.1, 0.15) is 5.82 Å². The molecule has 1 aromatic heterocycles. The highest BCUT2D eigenvalue weighted by Gasteiger charge is 2.27. The van der Waals surface area contributed by atoms with Gasteiger partial charge in [0.05, 0.1) is 17.6 Å². The predicted octanol–water partition coefficient (Wildman–Crippen LogP) is 3.75. The molecular weight excluding hydrogens is 445 g/mol. The van der Waals surface area contributed by atoms with Crippen LogP contribution in [0.3, 0.4) is 0 Å². The lowest BCUT2D eigenvalue weighted by Gasteiger charge is -2.34. The number of amides is 3. The van der Waals surface area contributed by atoms with Crippen molar-refractivity contribution in [2.45, 2.75) is 4.90 Å². The predicted molar refractivity (Wildman–Crippen MR) is 123 cm³/mol. The van der Waals surface area contributed by atoms with Crippen LogP contribution in [0.1, 0.15) is 20.9 Å². The molecule has 170 valence electrons. The molecule has 2 heterocycles. The number of halogens is 1. The molecule has 2 aromatic carbocycles. The summed E-state index contributed by atoms with van der Waals surface area (Å²) >= 11 is 1.26. The van der Waals surface area contributed by atoms with Crippen molar-refractivity contribution in [3.05, 3.63) is 84.1 Å². The number of benzene rings is 2. The summed E-state index contributed by atoms with van der Waals surface area (Å²) in [5, 5.41) is 2.71. The number of nitrogens with zero attached hydrogens (tertiary/aromatic N) is 2. The molecule has 9 heteroatoms. The van der Waals surface area contributed by atoms with Crippen LogP contribution in [0, 0.1) is 5.82 Å². The lowest BCUT2D eigenvalue weighted by Crippen LogP contribution is -2.50. The minimum absolute atomic E-state index is 0.104. The van der Waals surface area contributed by atoms with Crippen molar-refractivity contribution in [2.24, 2.45) is 0 Å². The lowest BCUT2D eigenvalue weighted by molar-refractivity contribution is -0.113. The Hall–Kier alpha value is -3.59. The number of carbonyl (C=O) groups excluding carboxylic acids is 3. The number of carbonyl (C=O) groups is 3. The van der Waals surface area contributed by atoms with E-state index in [4.69, 9.17) is 4.42 Å². The molecule has 1 fully saturated rings. The molecule has 0 radical (unpaired) electrons. The Morgan fingerprint density at radius 3 is 2.21 bits per heavy atom. The van der Waals surface area contributed by atoms with Gasteiger partial charge in [0, 0.05) is 36.8 Å². The van der Waals surface area contributed by atoms with Crippen molar-refractivity contribution >= 4 is 35.2 Å². The second kappa shape index (κ2) is 10.4. The zero-order chi connectivity index (χ0) is 23.2. The Labute approximate surface area is 194 Å². The zero-order valence-electron chi connectivity index (χ0n) is 17.7. The van der Waals surface area contributed by atoms with Crippen LogP contribution < -0.4 is 5.32 Å². The number of nitrogens with one attached hydrogen (secondary N) is 1. The van der Waals surface area contributed by atoms with Crippen molar-refractivity contribution < 1.29 is 23.2 Å². The highest BCUT2D eigenvalue weighted by atomic mass is 32.2. The highest BCUT2D eigenvalue weighted by Crippen LogP contribution is 2.25. The first-order chi connectivity index (χ1) is 16.0. The van der Waals surface area contributed by atoms with Gasteiger partial charge >= 0.3 is 0 Å². The molecule has 0 atom stereocenters. The highest BCUT2D eigenvalue weighted by molar-refractivity contribution is 8.00. The first-order valence-corrected chi connectivity index (χ1v) is 11.4. The molecule has 0 spiro atoms. The minimum atomic E-state index is -0.374. The molecule has 3 aromatic rings. The molecule has 7 nitrogen and oxygen atoms in total. The number of thioether (sulfide) groups is 1. The van der Waals surface area contributed by atoms with E-state index in [1.165, 1.54) is 42.3 Å². The van der Waals surface area contributed by atoms with E-state index >= 15 is 0 Å². The molecule has 1 N–H and O–H groups in total. The van der Waals surface area contributed by atoms with E-state index < -0.39 is 0 Å². The van der Waals surface area contributed by atoms with Gasteiger partial charge in [-0.05, 0) is 48.5 Å². The fourth-order valence-electron chi connectivity index (χ4n) is 3.48. The number of hydrogen-bond acceptors (Lipinski definition) is 5. The quantitative estimate of drug-likeness (QED) is 0.559. The molecule has 0 saturated carbocycles. The molecule has 1 aliphatic heterocycles. The molecule has 3 amide bonds. The zero-order valence-corrected chi connectivity index (χ0v) is 18.5. The summed E-state index contributed by atoms with van der Waals surface area (Å²) in [5.41, 5.74) is 1.02. The summed E-state index contributed by atoms with van der Waals surface area (Å²) in [4.78, 5) is 41.9. The summed E-state index contributed by atoms with van der Waals surface area (Å²) < 4.78 is 18.2. The van der Waals surface area contributed by atoms with Crippen LogP contribution in [0.15, 0.2) is 76.2 Å². The lowest BCUT2D eigenvalue weighted by atomic mass is 10.1. The van der Waals surface area contributed by atoms with Crippen molar-refractivity contribution in [3.8, 4) is 0 Å². The third-order valence-electron chi connectivity index (χ3n) is 5.19. The van der Waals surface area contributed by atoms with Gasteiger partial charge in [-0.2, -0.15) is 0 Å². The third kappa shape index (κ3) is 5.61. The number of furan rings is 1. The summed E-state index contributed by atoms with van der Waals surface area (Å²) in [6, 6.07) is 16.0. The fourth-order valence-corrected chi connectivity index (χ4v) is 4.33. The van der Waals surface area contributed by atoms with Crippen molar-refractivity contribution in [3.63, 3.8) is 0 Å². The van der Waals surface area contributed by atoms with E-state index in [2.05, 4.69) is 5.32 Å². The Morgan fingerprint density at radius 1 is 0.879 bits per heavy atom. The van der Waals surface area contributed by atoms with Gasteiger partial charge in [-0.3, -0.25) is 14.4 Å². The van der Waals surface area contributed by atoms with Gasteiger partial charge in [0.25, 0.3) is 11.8 Å². The average Bonchev–Trinajstić information content (AvgIpc) is 3.39. The maximum atomic E-state index is 13.1. The van der Waals surface area contributed by atoms with E-state index in [9.17, 15) is 18.8 Å². The molecule has 4 rings (SSSR count). The van der Waals surface area contributed by atoms with Crippen LogP contribution in [0.5, 0.6) is 0 Å². The summed E-state index contributed by atoms with van der Waals surface area (Å²) in [6.45, 7) is 1.66.